The molecule has 0 spiro atoms. The van der Waals surface area contributed by atoms with Crippen LogP contribution < -0.4 is 15.2 Å². The molecule has 16 heavy (non-hydrogen) atoms. The monoisotopic (exact) mass is 248 g/mol. The maximum Gasteiger partial charge on any atom is 0.234 e. The average Bonchev–Trinajstić information content (AvgIpc) is 2.17. The van der Waals surface area contributed by atoms with Crippen molar-refractivity contribution >= 4 is 15.7 Å². The number of rotatable bonds is 5. The molecule has 0 radical (unpaired) electrons. The summed E-state index contributed by atoms with van der Waals surface area (Å²) in [6, 6.07) is 3.57. The number of methoxy groups -OCH3 is 1. The number of halogens is 1. The Labute approximate surface area is 93.5 Å². The summed E-state index contributed by atoms with van der Waals surface area (Å²) in [6.07, 6.45) is 0. The van der Waals surface area contributed by atoms with Gasteiger partial charge in [0.25, 0.3) is 0 Å². The Bertz CT molecular complexity index is 462. The van der Waals surface area contributed by atoms with E-state index < -0.39 is 15.8 Å². The Hall–Kier alpha value is -1.34. The molecule has 3 N–H and O–H groups in total. The quantitative estimate of drug-likeness (QED) is 0.796. The lowest BCUT2D eigenvalue weighted by atomic mass is 10.3. The molecule has 0 aliphatic rings. The SMILES string of the molecule is COc1ccc(F)cc1NS(=O)(=O)CCN. The number of anilines is 1. The van der Waals surface area contributed by atoms with Gasteiger partial charge < -0.3 is 10.5 Å². The zero-order valence-electron chi connectivity index (χ0n) is 8.73. The fourth-order valence-corrected chi connectivity index (χ4v) is 2.04. The van der Waals surface area contributed by atoms with Crippen LogP contribution in [0.2, 0.25) is 0 Å². The van der Waals surface area contributed by atoms with Crippen molar-refractivity contribution in [2.24, 2.45) is 5.73 Å². The van der Waals surface area contributed by atoms with Gasteiger partial charge in [0.05, 0.1) is 18.6 Å². The van der Waals surface area contributed by atoms with Gasteiger partial charge >= 0.3 is 0 Å². The number of hydrogen-bond donors (Lipinski definition) is 2. The van der Waals surface area contributed by atoms with E-state index in [1.165, 1.54) is 19.2 Å². The van der Waals surface area contributed by atoms with E-state index in [4.69, 9.17) is 10.5 Å². The molecule has 7 heteroatoms. The Morgan fingerprint density at radius 3 is 2.75 bits per heavy atom. The molecular formula is C9H13FN2O3S. The minimum atomic E-state index is -3.56. The van der Waals surface area contributed by atoms with Gasteiger partial charge in [0.2, 0.25) is 10.0 Å². The largest absolute Gasteiger partial charge is 0.495 e. The van der Waals surface area contributed by atoms with Gasteiger partial charge in [-0.1, -0.05) is 0 Å². The molecule has 0 bridgehead atoms. The van der Waals surface area contributed by atoms with Gasteiger partial charge in [0.1, 0.15) is 11.6 Å². The summed E-state index contributed by atoms with van der Waals surface area (Å²) < 4.78 is 42.9. The van der Waals surface area contributed by atoms with Crippen LogP contribution in [0.4, 0.5) is 10.1 Å². The average molecular weight is 248 g/mol. The molecule has 0 amide bonds. The minimum absolute atomic E-state index is 0.00698. The zero-order chi connectivity index (χ0) is 12.2. The van der Waals surface area contributed by atoms with Crippen molar-refractivity contribution in [3.63, 3.8) is 0 Å². The summed E-state index contributed by atoms with van der Waals surface area (Å²) in [4.78, 5) is 0. The van der Waals surface area contributed by atoms with E-state index in [0.717, 1.165) is 6.07 Å². The molecule has 0 unspecified atom stereocenters. The van der Waals surface area contributed by atoms with Crippen LogP contribution >= 0.6 is 0 Å². The van der Waals surface area contributed by atoms with Crippen molar-refractivity contribution in [3.8, 4) is 5.75 Å². The smallest absolute Gasteiger partial charge is 0.234 e. The predicted molar refractivity (Wildman–Crippen MR) is 59.4 cm³/mol. The molecule has 0 fully saturated rings. The third kappa shape index (κ3) is 3.35. The van der Waals surface area contributed by atoms with Gasteiger partial charge in [0.15, 0.2) is 0 Å². The van der Waals surface area contributed by atoms with Gasteiger partial charge in [-0.15, -0.1) is 0 Å². The molecular weight excluding hydrogens is 235 g/mol. The maximum absolute atomic E-state index is 12.9. The first-order chi connectivity index (χ1) is 7.48. The second-order valence-electron chi connectivity index (χ2n) is 3.05. The summed E-state index contributed by atoms with van der Waals surface area (Å²) >= 11 is 0. The number of benzene rings is 1. The van der Waals surface area contributed by atoms with Gasteiger partial charge in [-0.25, -0.2) is 12.8 Å². The van der Waals surface area contributed by atoms with E-state index in [0.29, 0.717) is 0 Å². The molecule has 0 aliphatic heterocycles. The van der Waals surface area contributed by atoms with Crippen LogP contribution in [-0.2, 0) is 10.0 Å². The van der Waals surface area contributed by atoms with Crippen LogP contribution in [-0.4, -0.2) is 27.8 Å². The maximum atomic E-state index is 12.9. The molecule has 5 nitrogen and oxygen atoms in total. The summed E-state index contributed by atoms with van der Waals surface area (Å²) in [7, 11) is -2.19. The number of sulfonamides is 1. The Morgan fingerprint density at radius 1 is 1.50 bits per heavy atom. The lowest BCUT2D eigenvalue weighted by molar-refractivity contribution is 0.416. The summed E-state index contributed by atoms with van der Waals surface area (Å²) in [5.74, 6) is -0.527. The highest BCUT2D eigenvalue weighted by Crippen LogP contribution is 2.25. The molecule has 0 saturated carbocycles. The van der Waals surface area contributed by atoms with Crippen LogP contribution in [0, 0.1) is 5.82 Å². The van der Waals surface area contributed by atoms with Crippen LogP contribution in [0.5, 0.6) is 5.75 Å². The number of ether oxygens (including phenoxy) is 1. The Morgan fingerprint density at radius 2 is 2.19 bits per heavy atom. The molecule has 0 aliphatic carbocycles. The molecule has 1 aromatic carbocycles. The molecule has 0 aromatic heterocycles. The van der Waals surface area contributed by atoms with Crippen molar-refractivity contribution in [2.75, 3.05) is 24.1 Å². The van der Waals surface area contributed by atoms with Crippen molar-refractivity contribution in [3.05, 3.63) is 24.0 Å². The standard InChI is InChI=1S/C9H13FN2O3S/c1-15-9-3-2-7(10)6-8(9)12-16(13,14)5-4-11/h2-3,6,12H,4-5,11H2,1H3. The first-order valence-corrected chi connectivity index (χ1v) is 6.18. The van der Waals surface area contributed by atoms with E-state index in [2.05, 4.69) is 4.72 Å². The minimum Gasteiger partial charge on any atom is -0.495 e. The van der Waals surface area contributed by atoms with E-state index >= 15 is 0 Å². The fourth-order valence-electron chi connectivity index (χ4n) is 1.13. The lowest BCUT2D eigenvalue weighted by Crippen LogP contribution is -2.22. The summed E-state index contributed by atoms with van der Waals surface area (Å²) in [5, 5.41) is 0. The van der Waals surface area contributed by atoms with Crippen LogP contribution in [0.1, 0.15) is 0 Å². The normalized spacial score (nSPS) is 11.2. The number of hydrogen-bond acceptors (Lipinski definition) is 4. The molecule has 1 rings (SSSR count). The number of nitrogens with one attached hydrogen (secondary N) is 1. The lowest BCUT2D eigenvalue weighted by Gasteiger charge is -2.11. The van der Waals surface area contributed by atoms with Crippen molar-refractivity contribution in [1.29, 1.82) is 0 Å². The summed E-state index contributed by atoms with van der Waals surface area (Å²) in [5.41, 5.74) is 5.21. The molecule has 90 valence electrons. The highest BCUT2D eigenvalue weighted by atomic mass is 32.2. The van der Waals surface area contributed by atoms with Crippen molar-refractivity contribution < 1.29 is 17.5 Å². The highest BCUT2D eigenvalue weighted by Gasteiger charge is 2.13. The molecule has 0 heterocycles. The topological polar surface area (TPSA) is 81.4 Å². The van der Waals surface area contributed by atoms with Gasteiger partial charge in [-0.3, -0.25) is 4.72 Å². The fraction of sp³-hybridized carbons (Fsp3) is 0.333. The van der Waals surface area contributed by atoms with Crippen LogP contribution in [0.25, 0.3) is 0 Å². The predicted octanol–water partition coefficient (Wildman–Crippen LogP) is 0.535. The Kier molecular flexibility index (Phi) is 4.08. The van der Waals surface area contributed by atoms with E-state index in [-0.39, 0.29) is 23.7 Å². The Balaban J connectivity index is 3.00. The second kappa shape index (κ2) is 5.13. The zero-order valence-corrected chi connectivity index (χ0v) is 9.55. The molecule has 1 aromatic rings. The highest BCUT2D eigenvalue weighted by molar-refractivity contribution is 7.92. The van der Waals surface area contributed by atoms with Gasteiger partial charge in [0, 0.05) is 12.6 Å². The van der Waals surface area contributed by atoms with E-state index in [1.807, 2.05) is 0 Å². The van der Waals surface area contributed by atoms with Gasteiger partial charge in [-0.05, 0) is 12.1 Å². The van der Waals surface area contributed by atoms with Crippen molar-refractivity contribution in [1.82, 2.24) is 0 Å². The first-order valence-electron chi connectivity index (χ1n) is 4.52. The van der Waals surface area contributed by atoms with Crippen LogP contribution in [0.15, 0.2) is 18.2 Å². The van der Waals surface area contributed by atoms with E-state index in [9.17, 15) is 12.8 Å². The second-order valence-corrected chi connectivity index (χ2v) is 4.90. The molecule has 0 saturated heterocycles. The third-order valence-electron chi connectivity index (χ3n) is 1.81. The van der Waals surface area contributed by atoms with E-state index in [1.54, 1.807) is 0 Å². The van der Waals surface area contributed by atoms with Gasteiger partial charge in [-0.2, -0.15) is 0 Å². The summed E-state index contributed by atoms with van der Waals surface area (Å²) in [6.45, 7) is -0.00698. The van der Waals surface area contributed by atoms with Crippen LogP contribution in [0.3, 0.4) is 0 Å². The first kappa shape index (κ1) is 12.7. The number of nitrogens with two attached hydrogens (primary N) is 1. The third-order valence-corrected chi connectivity index (χ3v) is 3.12. The van der Waals surface area contributed by atoms with Crippen molar-refractivity contribution in [2.45, 2.75) is 0 Å². The molecule has 0 atom stereocenters.